The third-order valence-electron chi connectivity index (χ3n) is 3.74. The van der Waals surface area contributed by atoms with Crippen molar-refractivity contribution in [2.24, 2.45) is 0 Å². The Hall–Kier alpha value is -2.34. The van der Waals surface area contributed by atoms with Crippen LogP contribution >= 0.6 is 11.6 Å². The van der Waals surface area contributed by atoms with Gasteiger partial charge in [-0.25, -0.2) is 0 Å². The van der Waals surface area contributed by atoms with Gasteiger partial charge >= 0.3 is 0 Å². The van der Waals surface area contributed by atoms with E-state index in [1.54, 1.807) is 18.2 Å². The van der Waals surface area contributed by atoms with E-state index in [1.807, 2.05) is 30.3 Å². The highest BCUT2D eigenvalue weighted by Crippen LogP contribution is 2.18. The minimum Gasteiger partial charge on any atom is -0.491 e. The number of aliphatic hydroxyl groups excluding tert-OH is 1. The van der Waals surface area contributed by atoms with Gasteiger partial charge in [0.25, 0.3) is 0 Å². The Morgan fingerprint density at radius 3 is 2.88 bits per heavy atom. The van der Waals surface area contributed by atoms with E-state index in [-0.39, 0.29) is 12.2 Å². The van der Waals surface area contributed by atoms with Gasteiger partial charge in [0.05, 0.1) is 0 Å². The summed E-state index contributed by atoms with van der Waals surface area (Å²) in [7, 11) is 0. The second kappa shape index (κ2) is 8.16. The number of aromatic amines is 1. The van der Waals surface area contributed by atoms with E-state index in [0.717, 1.165) is 16.5 Å². The molecule has 1 heterocycles. The number of rotatable bonds is 7. The Labute approximate surface area is 150 Å². The van der Waals surface area contributed by atoms with Crippen molar-refractivity contribution >= 4 is 22.5 Å². The number of hydrogen-bond donors (Lipinski definition) is 3. The summed E-state index contributed by atoms with van der Waals surface area (Å²) in [6.45, 7) is 1.21. The Balaban J connectivity index is 1.48. The molecular weight excluding hydrogens is 340 g/mol. The van der Waals surface area contributed by atoms with Crippen LogP contribution in [0.4, 0.5) is 0 Å². The van der Waals surface area contributed by atoms with Crippen LogP contribution in [-0.2, 0) is 6.54 Å². The number of benzene rings is 2. The average molecular weight is 359 g/mol. The molecule has 0 fully saturated rings. The fraction of sp³-hybridized carbons (Fsp3) is 0.211. The molecule has 5 nitrogen and oxygen atoms in total. The first kappa shape index (κ1) is 17.5. The normalized spacial score (nSPS) is 12.2. The third-order valence-corrected chi connectivity index (χ3v) is 3.97. The molecular formula is C19H19ClN2O3. The van der Waals surface area contributed by atoms with Gasteiger partial charge in [0.15, 0.2) is 0 Å². The molecule has 0 saturated carbocycles. The maximum absolute atomic E-state index is 11.3. The standard InChI is InChI=1S/C19H19ClN2O3/c20-15-3-1-2-13(8-15)10-21-11-16(23)12-25-17-5-6-18-14(9-17)4-7-19(24)22-18/h1-9,16,21,23H,10-12H2,(H,22,24). The van der Waals surface area contributed by atoms with E-state index in [4.69, 9.17) is 16.3 Å². The first-order valence-electron chi connectivity index (χ1n) is 7.99. The number of H-pyrrole nitrogens is 1. The molecule has 0 saturated heterocycles. The van der Waals surface area contributed by atoms with Crippen LogP contribution in [0.3, 0.4) is 0 Å². The van der Waals surface area contributed by atoms with Gasteiger partial charge < -0.3 is 20.1 Å². The molecule has 0 spiro atoms. The number of aliphatic hydroxyl groups is 1. The first-order chi connectivity index (χ1) is 12.1. The fourth-order valence-corrected chi connectivity index (χ4v) is 2.72. The number of aromatic nitrogens is 1. The summed E-state index contributed by atoms with van der Waals surface area (Å²) in [6.07, 6.45) is -0.634. The Morgan fingerprint density at radius 1 is 1.16 bits per heavy atom. The van der Waals surface area contributed by atoms with Crippen molar-refractivity contribution in [2.45, 2.75) is 12.6 Å². The topological polar surface area (TPSA) is 74.3 Å². The van der Waals surface area contributed by atoms with Crippen molar-refractivity contribution < 1.29 is 9.84 Å². The molecule has 0 aliphatic heterocycles. The van der Waals surface area contributed by atoms with E-state index in [2.05, 4.69) is 10.3 Å². The van der Waals surface area contributed by atoms with Crippen molar-refractivity contribution in [3.63, 3.8) is 0 Å². The van der Waals surface area contributed by atoms with E-state index in [0.29, 0.717) is 23.9 Å². The Kier molecular flexibility index (Phi) is 5.71. The largest absolute Gasteiger partial charge is 0.491 e. The lowest BCUT2D eigenvalue weighted by Crippen LogP contribution is -2.31. The van der Waals surface area contributed by atoms with Gasteiger partial charge in [0, 0.05) is 35.1 Å². The SMILES string of the molecule is O=c1ccc2cc(OCC(O)CNCc3cccc(Cl)c3)ccc2[nH]1. The summed E-state index contributed by atoms with van der Waals surface area (Å²) in [5.41, 5.74) is 1.68. The van der Waals surface area contributed by atoms with Crippen LogP contribution in [0.1, 0.15) is 5.56 Å². The summed E-state index contributed by atoms with van der Waals surface area (Å²) in [4.78, 5) is 14.0. The van der Waals surface area contributed by atoms with Crippen molar-refractivity contribution in [1.82, 2.24) is 10.3 Å². The van der Waals surface area contributed by atoms with Gasteiger partial charge in [-0.15, -0.1) is 0 Å². The van der Waals surface area contributed by atoms with E-state index < -0.39 is 6.10 Å². The van der Waals surface area contributed by atoms with Crippen LogP contribution in [0, 0.1) is 0 Å². The zero-order valence-electron chi connectivity index (χ0n) is 13.5. The van der Waals surface area contributed by atoms with Gasteiger partial charge in [0.2, 0.25) is 5.56 Å². The first-order valence-corrected chi connectivity index (χ1v) is 8.37. The van der Waals surface area contributed by atoms with Gasteiger partial charge in [-0.3, -0.25) is 4.79 Å². The molecule has 130 valence electrons. The van der Waals surface area contributed by atoms with Crippen molar-refractivity contribution in [3.05, 3.63) is 75.5 Å². The summed E-state index contributed by atoms with van der Waals surface area (Å²) in [5, 5.41) is 14.8. The fourth-order valence-electron chi connectivity index (χ4n) is 2.50. The second-order valence-electron chi connectivity index (χ2n) is 5.80. The summed E-state index contributed by atoms with van der Waals surface area (Å²) >= 11 is 5.94. The van der Waals surface area contributed by atoms with Crippen LogP contribution in [0.25, 0.3) is 10.9 Å². The predicted molar refractivity (Wildman–Crippen MR) is 99.2 cm³/mol. The van der Waals surface area contributed by atoms with Crippen LogP contribution in [0.5, 0.6) is 5.75 Å². The number of nitrogens with one attached hydrogen (secondary N) is 2. The minimum atomic E-state index is -0.634. The maximum atomic E-state index is 11.3. The van der Waals surface area contributed by atoms with Crippen molar-refractivity contribution in [1.29, 1.82) is 0 Å². The van der Waals surface area contributed by atoms with Gasteiger partial charge in [-0.2, -0.15) is 0 Å². The molecule has 25 heavy (non-hydrogen) atoms. The number of halogens is 1. The lowest BCUT2D eigenvalue weighted by atomic mass is 10.2. The molecule has 0 aliphatic rings. The van der Waals surface area contributed by atoms with Gasteiger partial charge in [-0.1, -0.05) is 23.7 Å². The quantitative estimate of drug-likeness (QED) is 0.607. The van der Waals surface area contributed by atoms with Crippen molar-refractivity contribution in [3.8, 4) is 5.75 Å². The number of hydrogen-bond acceptors (Lipinski definition) is 4. The predicted octanol–water partition coefficient (Wildman–Crippen LogP) is 2.71. The van der Waals surface area contributed by atoms with Gasteiger partial charge in [0.1, 0.15) is 18.5 Å². The van der Waals surface area contributed by atoms with E-state index >= 15 is 0 Å². The van der Waals surface area contributed by atoms with Crippen LogP contribution in [-0.4, -0.2) is 29.3 Å². The van der Waals surface area contributed by atoms with E-state index in [1.165, 1.54) is 6.07 Å². The van der Waals surface area contributed by atoms with Crippen LogP contribution in [0.15, 0.2) is 59.4 Å². The molecule has 3 aromatic rings. The molecule has 3 rings (SSSR count). The zero-order chi connectivity index (χ0) is 17.6. The summed E-state index contributed by atoms with van der Waals surface area (Å²) in [6, 6.07) is 16.2. The van der Waals surface area contributed by atoms with Crippen molar-refractivity contribution in [2.75, 3.05) is 13.2 Å². The highest BCUT2D eigenvalue weighted by atomic mass is 35.5. The second-order valence-corrected chi connectivity index (χ2v) is 6.23. The zero-order valence-corrected chi connectivity index (χ0v) is 14.3. The molecule has 0 radical (unpaired) electrons. The molecule has 0 aliphatic carbocycles. The Bertz CT molecular complexity index is 910. The molecule has 2 aromatic carbocycles. The maximum Gasteiger partial charge on any atom is 0.248 e. The molecule has 6 heteroatoms. The smallest absolute Gasteiger partial charge is 0.248 e. The highest BCUT2D eigenvalue weighted by Gasteiger charge is 2.06. The lowest BCUT2D eigenvalue weighted by molar-refractivity contribution is 0.106. The van der Waals surface area contributed by atoms with Gasteiger partial charge in [-0.05, 0) is 42.0 Å². The third kappa shape index (κ3) is 5.06. The molecule has 0 amide bonds. The molecule has 1 atom stereocenters. The van der Waals surface area contributed by atoms with Crippen LogP contribution in [0.2, 0.25) is 5.02 Å². The minimum absolute atomic E-state index is 0.137. The average Bonchev–Trinajstić information content (AvgIpc) is 2.60. The lowest BCUT2D eigenvalue weighted by Gasteiger charge is -2.14. The molecule has 1 unspecified atom stereocenters. The molecule has 3 N–H and O–H groups in total. The number of fused-ring (bicyclic) bond motifs is 1. The van der Waals surface area contributed by atoms with E-state index in [9.17, 15) is 9.90 Å². The monoisotopic (exact) mass is 358 g/mol. The molecule has 0 bridgehead atoms. The number of ether oxygens (including phenoxy) is 1. The molecule has 1 aromatic heterocycles. The highest BCUT2D eigenvalue weighted by molar-refractivity contribution is 6.30. The summed E-state index contributed by atoms with van der Waals surface area (Å²) < 4.78 is 5.62. The number of pyridine rings is 1. The Morgan fingerprint density at radius 2 is 2.04 bits per heavy atom. The summed E-state index contributed by atoms with van der Waals surface area (Å²) in [5.74, 6) is 0.647. The van der Waals surface area contributed by atoms with Crippen LogP contribution < -0.4 is 15.6 Å².